The van der Waals surface area contributed by atoms with E-state index in [1.807, 2.05) is 18.2 Å². The number of nitrogens with one attached hydrogen (secondary N) is 1. The molecule has 0 aromatic heterocycles. The molecule has 0 fully saturated rings. The van der Waals surface area contributed by atoms with Gasteiger partial charge in [0.1, 0.15) is 0 Å². The molecule has 0 unspecified atom stereocenters. The Morgan fingerprint density at radius 1 is 1.30 bits per heavy atom. The third kappa shape index (κ3) is 4.01. The van der Waals surface area contributed by atoms with Crippen LogP contribution < -0.4 is 14.8 Å². The quantitative estimate of drug-likeness (QED) is 0.749. The van der Waals surface area contributed by atoms with Crippen LogP contribution in [-0.2, 0) is 11.2 Å². The fraction of sp³-hybridized carbons (Fsp3) is 0.471. The first-order valence-electron chi connectivity index (χ1n) is 7.73. The molecule has 0 atom stereocenters. The van der Waals surface area contributed by atoms with Gasteiger partial charge in [-0.25, -0.2) is 0 Å². The summed E-state index contributed by atoms with van der Waals surface area (Å²) in [5, 5.41) is 11.0. The lowest BCUT2D eigenvalue weighted by molar-refractivity contribution is -0.121. The van der Waals surface area contributed by atoms with Gasteiger partial charge in [-0.05, 0) is 24.1 Å². The zero-order valence-corrected chi connectivity index (χ0v) is 12.9. The van der Waals surface area contributed by atoms with Crippen LogP contribution in [-0.4, -0.2) is 24.9 Å². The number of fused-ring (bicyclic) bond motifs is 1. The fourth-order valence-corrected chi connectivity index (χ4v) is 2.51. The smallest absolute Gasteiger partial charge is 0.231 e. The number of benzene rings is 1. The van der Waals surface area contributed by atoms with E-state index in [0.29, 0.717) is 25.8 Å². The third-order valence-corrected chi connectivity index (χ3v) is 3.98. The summed E-state index contributed by atoms with van der Waals surface area (Å²) in [5.41, 5.74) is 0.716. The van der Waals surface area contributed by atoms with Gasteiger partial charge in [-0.3, -0.25) is 4.79 Å². The minimum absolute atomic E-state index is 0.0168. The lowest BCUT2D eigenvalue weighted by Crippen LogP contribution is -2.27. The summed E-state index contributed by atoms with van der Waals surface area (Å²) in [6.07, 6.45) is 8.41. The Kier molecular flexibility index (Phi) is 4.47. The first-order valence-corrected chi connectivity index (χ1v) is 7.73. The van der Waals surface area contributed by atoms with E-state index < -0.39 is 0 Å². The van der Waals surface area contributed by atoms with Crippen LogP contribution in [0.5, 0.6) is 11.5 Å². The summed E-state index contributed by atoms with van der Waals surface area (Å²) in [7, 11) is 0. The maximum absolute atomic E-state index is 11.9. The highest BCUT2D eigenvalue weighted by Gasteiger charge is 2.39. The van der Waals surface area contributed by atoms with E-state index >= 15 is 0 Å². The van der Waals surface area contributed by atoms with Crippen LogP contribution in [0.1, 0.15) is 31.2 Å². The number of carbonyl (C=O) groups excluding carboxylic acids is 1. The van der Waals surface area contributed by atoms with Crippen molar-refractivity contribution in [2.45, 2.75) is 37.8 Å². The van der Waals surface area contributed by atoms with Crippen LogP contribution in [0.2, 0.25) is 0 Å². The molecule has 2 aliphatic rings. The van der Waals surface area contributed by atoms with E-state index in [1.165, 1.54) is 0 Å². The first kappa shape index (κ1) is 15.3. The van der Waals surface area contributed by atoms with Crippen molar-refractivity contribution in [1.29, 1.82) is 0 Å². The highest BCUT2D eigenvalue weighted by atomic mass is 16.7. The maximum Gasteiger partial charge on any atom is 0.231 e. The van der Waals surface area contributed by atoms with E-state index in [0.717, 1.165) is 29.9 Å². The van der Waals surface area contributed by atoms with Crippen molar-refractivity contribution >= 4 is 5.91 Å². The van der Waals surface area contributed by atoms with Crippen LogP contribution in [0.25, 0.3) is 0 Å². The molecule has 0 radical (unpaired) electrons. The normalized spacial score (nSPS) is 16.0. The van der Waals surface area contributed by atoms with Gasteiger partial charge in [-0.2, -0.15) is 10.2 Å². The first-order chi connectivity index (χ1) is 11.2. The lowest BCUT2D eigenvalue weighted by Gasteiger charge is -2.09. The number of rotatable bonds is 8. The molecule has 0 bridgehead atoms. The van der Waals surface area contributed by atoms with Crippen molar-refractivity contribution in [2.75, 3.05) is 13.3 Å². The zero-order valence-electron chi connectivity index (χ0n) is 12.9. The van der Waals surface area contributed by atoms with Gasteiger partial charge < -0.3 is 14.8 Å². The average Bonchev–Trinajstić information content (AvgIpc) is 3.18. The van der Waals surface area contributed by atoms with E-state index in [2.05, 4.69) is 21.5 Å². The summed E-state index contributed by atoms with van der Waals surface area (Å²) in [6.45, 7) is 0.858. The Morgan fingerprint density at radius 3 is 2.91 bits per heavy atom. The van der Waals surface area contributed by atoms with Gasteiger partial charge in [-0.15, -0.1) is 12.3 Å². The molecule has 3 rings (SSSR count). The van der Waals surface area contributed by atoms with Gasteiger partial charge in [0.25, 0.3) is 0 Å². The van der Waals surface area contributed by atoms with Gasteiger partial charge in [0.2, 0.25) is 12.7 Å². The second-order valence-electron chi connectivity index (χ2n) is 5.67. The Hall–Kier alpha value is -2.55. The van der Waals surface area contributed by atoms with Crippen molar-refractivity contribution in [3.8, 4) is 23.8 Å². The van der Waals surface area contributed by atoms with Crippen LogP contribution in [0, 0.1) is 12.3 Å². The summed E-state index contributed by atoms with van der Waals surface area (Å²) in [4.78, 5) is 11.9. The number of nitrogens with zero attached hydrogens (tertiary/aromatic N) is 2. The topological polar surface area (TPSA) is 72.3 Å². The number of carbonyl (C=O) groups is 1. The predicted molar refractivity (Wildman–Crippen MR) is 84.2 cm³/mol. The molecule has 0 spiro atoms. The minimum atomic E-state index is -0.388. The Morgan fingerprint density at radius 2 is 2.13 bits per heavy atom. The van der Waals surface area contributed by atoms with E-state index in [4.69, 9.17) is 15.9 Å². The lowest BCUT2D eigenvalue weighted by atomic mass is 10.0. The van der Waals surface area contributed by atoms with Crippen LogP contribution in [0.3, 0.4) is 0 Å². The SMILES string of the molecule is C#CCCC1(CCC(=O)NCCc2ccc3c(c2)OCO3)N=N1. The van der Waals surface area contributed by atoms with Crippen molar-refractivity contribution in [2.24, 2.45) is 10.2 Å². The number of terminal acetylenes is 1. The molecule has 0 saturated carbocycles. The molecule has 6 heteroatoms. The highest BCUT2D eigenvalue weighted by molar-refractivity contribution is 5.76. The molecular formula is C17H19N3O3. The Bertz CT molecular complexity index is 658. The highest BCUT2D eigenvalue weighted by Crippen LogP contribution is 2.37. The van der Waals surface area contributed by atoms with E-state index in [9.17, 15) is 4.79 Å². The van der Waals surface area contributed by atoms with Gasteiger partial charge in [0.15, 0.2) is 17.2 Å². The van der Waals surface area contributed by atoms with Gasteiger partial charge in [0.05, 0.1) is 0 Å². The Balaban J connectivity index is 1.36. The Labute approximate surface area is 135 Å². The molecule has 23 heavy (non-hydrogen) atoms. The average molecular weight is 313 g/mol. The molecule has 0 saturated heterocycles. The van der Waals surface area contributed by atoms with Crippen LogP contribution >= 0.6 is 0 Å². The monoisotopic (exact) mass is 313 g/mol. The van der Waals surface area contributed by atoms with Crippen molar-refractivity contribution < 1.29 is 14.3 Å². The summed E-state index contributed by atoms with van der Waals surface area (Å²) in [6, 6.07) is 5.83. The van der Waals surface area contributed by atoms with Gasteiger partial charge in [-0.1, -0.05) is 6.07 Å². The molecule has 6 nitrogen and oxygen atoms in total. The zero-order chi connectivity index (χ0) is 16.1. The van der Waals surface area contributed by atoms with Crippen LogP contribution in [0.4, 0.5) is 0 Å². The molecule has 1 aromatic rings. The number of amides is 1. The number of hydrogen-bond donors (Lipinski definition) is 1. The van der Waals surface area contributed by atoms with Crippen molar-refractivity contribution in [1.82, 2.24) is 5.32 Å². The minimum Gasteiger partial charge on any atom is -0.454 e. The van der Waals surface area contributed by atoms with Crippen LogP contribution in [0.15, 0.2) is 28.4 Å². The number of ether oxygens (including phenoxy) is 2. The van der Waals surface area contributed by atoms with Crippen molar-refractivity contribution in [3.05, 3.63) is 23.8 Å². The molecule has 1 amide bonds. The van der Waals surface area contributed by atoms with Crippen molar-refractivity contribution in [3.63, 3.8) is 0 Å². The summed E-state index contributed by atoms with van der Waals surface area (Å²) in [5.74, 6) is 4.13. The maximum atomic E-state index is 11.9. The fourth-order valence-electron chi connectivity index (χ4n) is 2.51. The molecule has 1 N–H and O–H groups in total. The molecule has 0 aliphatic carbocycles. The predicted octanol–water partition coefficient (Wildman–Crippen LogP) is 2.43. The largest absolute Gasteiger partial charge is 0.454 e. The molecule has 2 aliphatic heterocycles. The second-order valence-corrected chi connectivity index (χ2v) is 5.67. The third-order valence-electron chi connectivity index (χ3n) is 3.98. The molecule has 2 heterocycles. The van der Waals surface area contributed by atoms with E-state index in [-0.39, 0.29) is 18.4 Å². The summed E-state index contributed by atoms with van der Waals surface area (Å²) < 4.78 is 10.6. The second kappa shape index (κ2) is 6.69. The van der Waals surface area contributed by atoms with Gasteiger partial charge >= 0.3 is 0 Å². The van der Waals surface area contributed by atoms with Gasteiger partial charge in [0, 0.05) is 32.2 Å². The van der Waals surface area contributed by atoms with E-state index in [1.54, 1.807) is 0 Å². The number of hydrogen-bond acceptors (Lipinski definition) is 5. The molecular weight excluding hydrogens is 294 g/mol. The standard InChI is InChI=1S/C17H19N3O3/c1-2-3-8-17(19-20-17)9-6-16(21)18-10-7-13-4-5-14-15(11-13)23-12-22-14/h1,4-5,11H,3,6-10,12H2,(H,18,21). The molecule has 120 valence electrons. The summed E-state index contributed by atoms with van der Waals surface area (Å²) >= 11 is 0. The molecule has 1 aromatic carbocycles.